The van der Waals surface area contributed by atoms with Gasteiger partial charge in [0.1, 0.15) is 23.9 Å². The van der Waals surface area contributed by atoms with Crippen molar-refractivity contribution in [2.24, 2.45) is 0 Å². The number of halogens is 1. The maximum Gasteiger partial charge on any atom is 0.257 e. The number of rotatable bonds is 6. The van der Waals surface area contributed by atoms with Crippen LogP contribution in [0.2, 0.25) is 0 Å². The molecule has 11 nitrogen and oxygen atoms in total. The highest BCUT2D eigenvalue weighted by Crippen LogP contribution is 2.33. The average molecular weight is 485 g/mol. The number of aliphatic hydroxyl groups excluding tert-OH is 2. The Kier molecular flexibility index (Phi) is 6.24. The zero-order valence-electron chi connectivity index (χ0n) is 19.7. The highest BCUT2D eigenvalue weighted by molar-refractivity contribution is 6.04. The van der Waals surface area contributed by atoms with Crippen LogP contribution in [0.5, 0.6) is 0 Å². The Morgan fingerprint density at radius 3 is 2.77 bits per heavy atom. The van der Waals surface area contributed by atoms with Gasteiger partial charge in [-0.1, -0.05) is 6.92 Å². The molecule has 0 aliphatic carbocycles. The smallest absolute Gasteiger partial charge is 0.257 e. The van der Waals surface area contributed by atoms with Crippen molar-refractivity contribution in [1.82, 2.24) is 24.7 Å². The molecule has 186 valence electrons. The Balaban J connectivity index is 1.44. The summed E-state index contributed by atoms with van der Waals surface area (Å²) >= 11 is 0. The Labute approximate surface area is 201 Å². The number of hydrogen-bond donors (Lipinski definition) is 3. The first kappa shape index (κ1) is 23.4. The predicted octanol–water partition coefficient (Wildman–Crippen LogP) is 1.94. The van der Waals surface area contributed by atoms with Gasteiger partial charge in [0.2, 0.25) is 5.95 Å². The molecular weight excluding hydrogens is 455 g/mol. The number of aliphatic hydroxyl groups is 2. The number of carbonyl (C=O) groups is 1. The van der Waals surface area contributed by atoms with Crippen molar-refractivity contribution in [2.45, 2.75) is 57.5 Å². The molecule has 1 amide bonds. The summed E-state index contributed by atoms with van der Waals surface area (Å²) in [6, 6.07) is 3.63. The van der Waals surface area contributed by atoms with Gasteiger partial charge in [-0.2, -0.15) is 10.1 Å². The first-order valence-corrected chi connectivity index (χ1v) is 11.9. The lowest BCUT2D eigenvalue weighted by molar-refractivity contribution is -0.124. The molecule has 2 aliphatic heterocycles. The monoisotopic (exact) mass is 484 g/mol. The maximum atomic E-state index is 14.0. The first-order chi connectivity index (χ1) is 16.9. The number of pyridine rings is 1. The van der Waals surface area contributed by atoms with E-state index in [1.165, 1.54) is 4.90 Å². The summed E-state index contributed by atoms with van der Waals surface area (Å²) in [5, 5.41) is 28.2. The molecule has 35 heavy (non-hydrogen) atoms. The zero-order chi connectivity index (χ0) is 24.7. The SMILES string of the molecule is CCC(C)n1nc(N2CC[C@H](O)C2=O)c2cnc(Nc3ccnc(N4CC[C@@H](O)[C@@H](F)C4)n3)cc21. The molecule has 0 spiro atoms. The number of anilines is 4. The van der Waals surface area contributed by atoms with Crippen LogP contribution in [-0.2, 0) is 4.79 Å². The standard InChI is InChI=1S/C23H29FN8O3/c1-3-13(2)32-16-10-20(26-11-14(16)21(29-32)31-9-6-18(34)22(31)35)27-19-4-7-25-23(28-19)30-8-5-17(33)15(24)12-30/h4,7,10-11,13,15,17-18,33-34H,3,5-6,8-9,12H2,1-2H3,(H,25,26,27,28)/t13?,15-,17+,18-/m0/s1. The largest absolute Gasteiger partial charge is 0.390 e. The fourth-order valence-electron chi connectivity index (χ4n) is 4.44. The quantitative estimate of drug-likeness (QED) is 0.480. The van der Waals surface area contributed by atoms with Crippen molar-refractivity contribution in [3.8, 4) is 0 Å². The van der Waals surface area contributed by atoms with Crippen LogP contribution in [0.25, 0.3) is 10.9 Å². The van der Waals surface area contributed by atoms with Crippen LogP contribution in [-0.4, -0.2) is 78.9 Å². The Morgan fingerprint density at radius 1 is 1.23 bits per heavy atom. The number of aromatic nitrogens is 5. The first-order valence-electron chi connectivity index (χ1n) is 11.9. The lowest BCUT2D eigenvalue weighted by atomic mass is 10.1. The van der Waals surface area contributed by atoms with Crippen LogP contribution < -0.4 is 15.1 Å². The second-order valence-electron chi connectivity index (χ2n) is 9.09. The predicted molar refractivity (Wildman–Crippen MR) is 129 cm³/mol. The molecule has 0 aromatic carbocycles. The van der Waals surface area contributed by atoms with Crippen molar-refractivity contribution < 1.29 is 19.4 Å². The van der Waals surface area contributed by atoms with Crippen LogP contribution in [0.15, 0.2) is 24.5 Å². The lowest BCUT2D eigenvalue weighted by Crippen LogP contribution is -2.45. The van der Waals surface area contributed by atoms with Crippen LogP contribution in [0, 0.1) is 0 Å². The minimum Gasteiger partial charge on any atom is -0.390 e. The van der Waals surface area contributed by atoms with E-state index in [1.54, 1.807) is 23.4 Å². The second-order valence-corrected chi connectivity index (χ2v) is 9.09. The zero-order valence-corrected chi connectivity index (χ0v) is 19.7. The summed E-state index contributed by atoms with van der Waals surface area (Å²) in [6.07, 6.45) is 1.49. The van der Waals surface area contributed by atoms with Crippen molar-refractivity contribution in [1.29, 1.82) is 0 Å². The molecule has 2 fully saturated rings. The van der Waals surface area contributed by atoms with Gasteiger partial charge in [0.15, 0.2) is 5.82 Å². The Bertz CT molecular complexity index is 1240. The van der Waals surface area contributed by atoms with Crippen molar-refractivity contribution >= 4 is 40.2 Å². The third-order valence-electron chi connectivity index (χ3n) is 6.70. The molecule has 3 N–H and O–H groups in total. The van der Waals surface area contributed by atoms with E-state index in [0.717, 1.165) is 17.3 Å². The number of fused-ring (bicyclic) bond motifs is 1. The van der Waals surface area contributed by atoms with E-state index >= 15 is 0 Å². The van der Waals surface area contributed by atoms with Gasteiger partial charge < -0.3 is 20.4 Å². The highest BCUT2D eigenvalue weighted by Gasteiger charge is 2.34. The molecule has 5 rings (SSSR count). The third kappa shape index (κ3) is 4.39. The van der Waals surface area contributed by atoms with Gasteiger partial charge in [-0.15, -0.1) is 0 Å². The lowest BCUT2D eigenvalue weighted by Gasteiger charge is -2.32. The normalized spacial score (nSPS) is 23.8. The minimum atomic E-state index is -1.34. The van der Waals surface area contributed by atoms with Crippen LogP contribution in [0.4, 0.5) is 27.8 Å². The van der Waals surface area contributed by atoms with Crippen LogP contribution >= 0.6 is 0 Å². The van der Waals surface area contributed by atoms with Gasteiger partial charge >= 0.3 is 0 Å². The number of nitrogens with zero attached hydrogens (tertiary/aromatic N) is 7. The van der Waals surface area contributed by atoms with Crippen molar-refractivity contribution in [3.63, 3.8) is 0 Å². The molecule has 2 saturated heterocycles. The van der Waals surface area contributed by atoms with E-state index in [4.69, 9.17) is 5.10 Å². The van der Waals surface area contributed by atoms with E-state index in [1.807, 2.05) is 10.7 Å². The molecule has 0 radical (unpaired) electrons. The van der Waals surface area contributed by atoms with Gasteiger partial charge in [-0.25, -0.2) is 14.4 Å². The number of carbonyl (C=O) groups excluding carboxylic acids is 1. The van der Waals surface area contributed by atoms with Crippen LogP contribution in [0.3, 0.4) is 0 Å². The molecule has 2 aliphatic rings. The molecule has 1 unspecified atom stereocenters. The average Bonchev–Trinajstić information content (AvgIpc) is 3.39. The van der Waals surface area contributed by atoms with E-state index in [-0.39, 0.29) is 18.5 Å². The summed E-state index contributed by atoms with van der Waals surface area (Å²) in [6.45, 7) is 5.02. The van der Waals surface area contributed by atoms with Gasteiger partial charge in [0.05, 0.1) is 23.6 Å². The third-order valence-corrected chi connectivity index (χ3v) is 6.70. The van der Waals surface area contributed by atoms with Crippen LogP contribution in [0.1, 0.15) is 39.2 Å². The molecular formula is C23H29FN8O3. The van der Waals surface area contributed by atoms with Gasteiger partial charge in [-0.3, -0.25) is 14.4 Å². The fraction of sp³-hybridized carbons (Fsp3) is 0.522. The van der Waals surface area contributed by atoms with E-state index < -0.39 is 18.4 Å². The summed E-state index contributed by atoms with van der Waals surface area (Å²) in [5.41, 5.74) is 0.806. The van der Waals surface area contributed by atoms with E-state index in [9.17, 15) is 19.4 Å². The molecule has 5 heterocycles. The summed E-state index contributed by atoms with van der Waals surface area (Å²) < 4.78 is 15.9. The van der Waals surface area contributed by atoms with Gasteiger partial charge in [-0.05, 0) is 25.8 Å². The van der Waals surface area contributed by atoms with Gasteiger partial charge in [0, 0.05) is 44.0 Å². The van der Waals surface area contributed by atoms with Gasteiger partial charge in [0.25, 0.3) is 5.91 Å². The minimum absolute atomic E-state index is 0.0373. The van der Waals surface area contributed by atoms with E-state index in [2.05, 4.69) is 34.1 Å². The Hall–Kier alpha value is -3.38. The summed E-state index contributed by atoms with van der Waals surface area (Å²) in [5.74, 6) is 1.55. The number of hydrogen-bond acceptors (Lipinski definition) is 9. The number of alkyl halides is 1. The molecule has 3 aromatic heterocycles. The number of amides is 1. The highest BCUT2D eigenvalue weighted by atomic mass is 19.1. The molecule has 3 aromatic rings. The van der Waals surface area contributed by atoms with Crippen molar-refractivity contribution in [2.75, 3.05) is 34.8 Å². The van der Waals surface area contributed by atoms with E-state index in [0.29, 0.717) is 49.3 Å². The second kappa shape index (κ2) is 9.34. The molecule has 12 heteroatoms. The molecule has 0 saturated carbocycles. The molecule has 0 bridgehead atoms. The Morgan fingerprint density at radius 2 is 2.06 bits per heavy atom. The summed E-state index contributed by atoms with van der Waals surface area (Å²) in [7, 11) is 0. The maximum absolute atomic E-state index is 14.0. The number of nitrogens with one attached hydrogen (secondary N) is 1. The topological polar surface area (TPSA) is 133 Å². The fourth-order valence-corrected chi connectivity index (χ4v) is 4.44. The summed E-state index contributed by atoms with van der Waals surface area (Å²) in [4.78, 5) is 28.9. The van der Waals surface area contributed by atoms with Crippen molar-refractivity contribution in [3.05, 3.63) is 24.5 Å². The molecule has 4 atom stereocenters. The number of piperidine rings is 1.